The molecule has 1 aliphatic heterocycles. The largest absolute Gasteiger partial charge is 0.335 e. The lowest BCUT2D eigenvalue weighted by Gasteiger charge is -2.30. The standard InChI is InChI=1S/C13H24N2O/c1-13(2)7-4-9-15(10-8-13)12(16)14-11-5-3-6-11/h11H,3-10H2,1-2H3,(H,14,16). The fourth-order valence-electron chi connectivity index (χ4n) is 2.44. The number of carbonyl (C=O) groups is 1. The lowest BCUT2D eigenvalue weighted by Crippen LogP contribution is -2.47. The summed E-state index contributed by atoms with van der Waals surface area (Å²) in [5, 5.41) is 3.13. The zero-order valence-electron chi connectivity index (χ0n) is 10.6. The average Bonchev–Trinajstić information content (AvgIpc) is 2.33. The first-order chi connectivity index (χ1) is 7.57. The van der Waals surface area contributed by atoms with Gasteiger partial charge in [-0.25, -0.2) is 4.79 Å². The van der Waals surface area contributed by atoms with E-state index in [0.29, 0.717) is 11.5 Å². The molecule has 0 bridgehead atoms. The predicted octanol–water partition coefficient (Wildman–Crippen LogP) is 2.76. The molecule has 92 valence electrons. The third-order valence-corrected chi connectivity index (χ3v) is 4.06. The van der Waals surface area contributed by atoms with Gasteiger partial charge in [0.25, 0.3) is 0 Å². The first-order valence-corrected chi connectivity index (χ1v) is 6.62. The molecule has 1 heterocycles. The number of hydrogen-bond acceptors (Lipinski definition) is 1. The molecule has 0 spiro atoms. The molecule has 1 aliphatic carbocycles. The van der Waals surface area contributed by atoms with Gasteiger partial charge in [-0.3, -0.25) is 0 Å². The minimum atomic E-state index is 0.169. The van der Waals surface area contributed by atoms with Crippen molar-refractivity contribution < 1.29 is 4.79 Å². The van der Waals surface area contributed by atoms with E-state index in [1.807, 2.05) is 4.90 Å². The minimum absolute atomic E-state index is 0.169. The molecule has 0 aromatic rings. The zero-order valence-corrected chi connectivity index (χ0v) is 10.6. The third kappa shape index (κ3) is 2.89. The number of urea groups is 1. The van der Waals surface area contributed by atoms with Crippen LogP contribution in [-0.4, -0.2) is 30.1 Å². The topological polar surface area (TPSA) is 32.3 Å². The van der Waals surface area contributed by atoms with E-state index in [-0.39, 0.29) is 6.03 Å². The van der Waals surface area contributed by atoms with Gasteiger partial charge in [0.05, 0.1) is 0 Å². The van der Waals surface area contributed by atoms with Gasteiger partial charge in [0.1, 0.15) is 0 Å². The van der Waals surface area contributed by atoms with Crippen LogP contribution in [0.25, 0.3) is 0 Å². The molecule has 0 aromatic carbocycles. The first kappa shape index (κ1) is 11.7. The van der Waals surface area contributed by atoms with Crippen molar-refractivity contribution in [1.29, 1.82) is 0 Å². The maximum Gasteiger partial charge on any atom is 0.317 e. The van der Waals surface area contributed by atoms with E-state index >= 15 is 0 Å². The smallest absolute Gasteiger partial charge is 0.317 e. The number of hydrogen-bond donors (Lipinski definition) is 1. The fraction of sp³-hybridized carbons (Fsp3) is 0.923. The van der Waals surface area contributed by atoms with Crippen molar-refractivity contribution >= 4 is 6.03 Å². The van der Waals surface area contributed by atoms with E-state index in [1.165, 1.54) is 25.7 Å². The van der Waals surface area contributed by atoms with E-state index in [4.69, 9.17) is 0 Å². The molecule has 1 saturated carbocycles. The van der Waals surface area contributed by atoms with Crippen LogP contribution in [-0.2, 0) is 0 Å². The predicted molar refractivity (Wildman–Crippen MR) is 65.4 cm³/mol. The Morgan fingerprint density at radius 3 is 2.56 bits per heavy atom. The van der Waals surface area contributed by atoms with Gasteiger partial charge in [-0.05, 0) is 43.9 Å². The van der Waals surface area contributed by atoms with Crippen LogP contribution in [0, 0.1) is 5.41 Å². The van der Waals surface area contributed by atoms with Crippen molar-refractivity contribution in [3.05, 3.63) is 0 Å². The zero-order chi connectivity index (χ0) is 11.6. The number of nitrogens with zero attached hydrogens (tertiary/aromatic N) is 1. The van der Waals surface area contributed by atoms with E-state index in [1.54, 1.807) is 0 Å². The number of rotatable bonds is 1. The maximum absolute atomic E-state index is 12.0. The fourth-order valence-corrected chi connectivity index (χ4v) is 2.44. The summed E-state index contributed by atoms with van der Waals surface area (Å²) in [5.74, 6) is 0. The average molecular weight is 224 g/mol. The van der Waals surface area contributed by atoms with Crippen LogP contribution < -0.4 is 5.32 Å². The van der Waals surface area contributed by atoms with E-state index in [2.05, 4.69) is 19.2 Å². The maximum atomic E-state index is 12.0. The van der Waals surface area contributed by atoms with E-state index in [0.717, 1.165) is 25.9 Å². The second-order valence-electron chi connectivity index (χ2n) is 6.08. The van der Waals surface area contributed by atoms with Crippen LogP contribution >= 0.6 is 0 Å². The molecule has 2 aliphatic rings. The number of carbonyl (C=O) groups excluding carboxylic acids is 1. The highest BCUT2D eigenvalue weighted by molar-refractivity contribution is 5.74. The van der Waals surface area contributed by atoms with Gasteiger partial charge < -0.3 is 10.2 Å². The summed E-state index contributed by atoms with van der Waals surface area (Å²) >= 11 is 0. The Morgan fingerprint density at radius 2 is 1.94 bits per heavy atom. The van der Waals surface area contributed by atoms with Gasteiger partial charge in [0.15, 0.2) is 0 Å². The second-order valence-corrected chi connectivity index (χ2v) is 6.08. The van der Waals surface area contributed by atoms with Gasteiger partial charge in [-0.2, -0.15) is 0 Å². The Morgan fingerprint density at radius 1 is 1.19 bits per heavy atom. The summed E-state index contributed by atoms with van der Waals surface area (Å²) in [7, 11) is 0. The molecule has 1 N–H and O–H groups in total. The van der Waals surface area contributed by atoms with Gasteiger partial charge in [0.2, 0.25) is 0 Å². The summed E-state index contributed by atoms with van der Waals surface area (Å²) in [6.07, 6.45) is 7.13. The summed E-state index contributed by atoms with van der Waals surface area (Å²) in [6.45, 7) is 6.47. The third-order valence-electron chi connectivity index (χ3n) is 4.06. The molecular weight excluding hydrogens is 200 g/mol. The Bertz CT molecular complexity index is 259. The van der Waals surface area contributed by atoms with Crippen molar-refractivity contribution in [1.82, 2.24) is 10.2 Å². The van der Waals surface area contributed by atoms with Gasteiger partial charge >= 0.3 is 6.03 Å². The second kappa shape index (κ2) is 4.64. The van der Waals surface area contributed by atoms with Crippen LogP contribution in [0.4, 0.5) is 4.79 Å². The Kier molecular flexibility index (Phi) is 3.41. The molecule has 2 rings (SSSR count). The normalized spacial score (nSPS) is 25.8. The molecule has 0 atom stereocenters. The van der Waals surface area contributed by atoms with Crippen molar-refractivity contribution in [2.45, 2.75) is 58.4 Å². The molecule has 0 unspecified atom stereocenters. The SMILES string of the molecule is CC1(C)CCCN(C(=O)NC2CCC2)CC1. The monoisotopic (exact) mass is 224 g/mol. The molecule has 3 heteroatoms. The van der Waals surface area contributed by atoms with Crippen LogP contribution in [0.2, 0.25) is 0 Å². The van der Waals surface area contributed by atoms with E-state index in [9.17, 15) is 4.79 Å². The van der Waals surface area contributed by atoms with Gasteiger partial charge in [-0.1, -0.05) is 13.8 Å². The van der Waals surface area contributed by atoms with Crippen molar-refractivity contribution in [3.8, 4) is 0 Å². The summed E-state index contributed by atoms with van der Waals surface area (Å²) in [5.41, 5.74) is 0.408. The summed E-state index contributed by atoms with van der Waals surface area (Å²) in [4.78, 5) is 14.0. The number of amides is 2. The molecule has 0 aromatic heterocycles. The molecule has 2 fully saturated rings. The lowest BCUT2D eigenvalue weighted by molar-refractivity contribution is 0.186. The first-order valence-electron chi connectivity index (χ1n) is 6.62. The van der Waals surface area contributed by atoms with Crippen molar-refractivity contribution in [3.63, 3.8) is 0 Å². The van der Waals surface area contributed by atoms with Crippen LogP contribution in [0.1, 0.15) is 52.4 Å². The molecular formula is C13H24N2O. The molecule has 1 saturated heterocycles. The van der Waals surface area contributed by atoms with Crippen LogP contribution in [0.15, 0.2) is 0 Å². The van der Waals surface area contributed by atoms with Crippen LogP contribution in [0.5, 0.6) is 0 Å². The van der Waals surface area contributed by atoms with Crippen molar-refractivity contribution in [2.75, 3.05) is 13.1 Å². The molecule has 0 radical (unpaired) electrons. The van der Waals surface area contributed by atoms with E-state index < -0.39 is 0 Å². The Hall–Kier alpha value is -0.730. The van der Waals surface area contributed by atoms with Gasteiger partial charge in [-0.15, -0.1) is 0 Å². The Labute approximate surface area is 98.6 Å². The van der Waals surface area contributed by atoms with Gasteiger partial charge in [0, 0.05) is 19.1 Å². The lowest BCUT2D eigenvalue weighted by atomic mass is 9.85. The van der Waals surface area contributed by atoms with Crippen LogP contribution in [0.3, 0.4) is 0 Å². The summed E-state index contributed by atoms with van der Waals surface area (Å²) < 4.78 is 0. The highest BCUT2D eigenvalue weighted by atomic mass is 16.2. The highest BCUT2D eigenvalue weighted by Crippen LogP contribution is 2.29. The quantitative estimate of drug-likeness (QED) is 0.730. The highest BCUT2D eigenvalue weighted by Gasteiger charge is 2.27. The molecule has 16 heavy (non-hydrogen) atoms. The minimum Gasteiger partial charge on any atom is -0.335 e. The number of likely N-dealkylation sites (tertiary alicyclic amines) is 1. The molecule has 2 amide bonds. The number of nitrogens with one attached hydrogen (secondary N) is 1. The summed E-state index contributed by atoms with van der Waals surface area (Å²) in [6, 6.07) is 0.631. The Balaban J connectivity index is 1.81. The molecule has 3 nitrogen and oxygen atoms in total. The van der Waals surface area contributed by atoms with Crippen molar-refractivity contribution in [2.24, 2.45) is 5.41 Å².